The van der Waals surface area contributed by atoms with Crippen molar-refractivity contribution >= 4 is 5.91 Å². The Morgan fingerprint density at radius 2 is 1.75 bits per heavy atom. The highest BCUT2D eigenvalue weighted by atomic mass is 16.1. The zero-order valence-electron chi connectivity index (χ0n) is 13.5. The maximum atomic E-state index is 12.3. The number of nitrogens with zero attached hydrogens (tertiary/aromatic N) is 2. The SMILES string of the molecule is Cc1ccccc1C(CNC(=O)c1ccncc1)c1ccccn1. The van der Waals surface area contributed by atoms with E-state index in [0.29, 0.717) is 12.1 Å². The van der Waals surface area contributed by atoms with Gasteiger partial charge in [0.05, 0.1) is 0 Å². The van der Waals surface area contributed by atoms with E-state index in [4.69, 9.17) is 0 Å². The summed E-state index contributed by atoms with van der Waals surface area (Å²) in [6.07, 6.45) is 5.02. The second-order valence-corrected chi connectivity index (χ2v) is 5.61. The summed E-state index contributed by atoms with van der Waals surface area (Å²) in [4.78, 5) is 20.8. The minimum atomic E-state index is -0.105. The molecule has 1 N–H and O–H groups in total. The van der Waals surface area contributed by atoms with E-state index in [0.717, 1.165) is 5.69 Å². The molecule has 0 saturated carbocycles. The minimum absolute atomic E-state index is 0.0122. The van der Waals surface area contributed by atoms with Gasteiger partial charge in [-0.05, 0) is 42.3 Å². The lowest BCUT2D eigenvalue weighted by molar-refractivity contribution is 0.0952. The van der Waals surface area contributed by atoms with Crippen LogP contribution in [0, 0.1) is 6.92 Å². The van der Waals surface area contributed by atoms with E-state index in [-0.39, 0.29) is 11.8 Å². The summed E-state index contributed by atoms with van der Waals surface area (Å²) in [7, 11) is 0. The molecule has 1 unspecified atom stereocenters. The fraction of sp³-hybridized carbons (Fsp3) is 0.150. The molecule has 3 rings (SSSR count). The van der Waals surface area contributed by atoms with Crippen LogP contribution in [-0.4, -0.2) is 22.4 Å². The van der Waals surface area contributed by atoms with Crippen LogP contribution in [0.1, 0.15) is 33.1 Å². The number of pyridine rings is 2. The lowest BCUT2D eigenvalue weighted by Gasteiger charge is -2.19. The molecule has 120 valence electrons. The first-order chi connectivity index (χ1) is 11.8. The Hall–Kier alpha value is -3.01. The fourth-order valence-corrected chi connectivity index (χ4v) is 2.73. The summed E-state index contributed by atoms with van der Waals surface area (Å²) in [5, 5.41) is 3.02. The topological polar surface area (TPSA) is 54.9 Å². The van der Waals surface area contributed by atoms with Gasteiger partial charge in [0.15, 0.2) is 0 Å². The number of hydrogen-bond donors (Lipinski definition) is 1. The zero-order chi connectivity index (χ0) is 16.8. The van der Waals surface area contributed by atoms with Crippen LogP contribution in [-0.2, 0) is 0 Å². The molecular weight excluding hydrogens is 298 g/mol. The Bertz CT molecular complexity index is 803. The summed E-state index contributed by atoms with van der Waals surface area (Å²) >= 11 is 0. The quantitative estimate of drug-likeness (QED) is 0.785. The lowest BCUT2D eigenvalue weighted by Crippen LogP contribution is -2.29. The first-order valence-corrected chi connectivity index (χ1v) is 7.90. The number of benzene rings is 1. The van der Waals surface area contributed by atoms with Gasteiger partial charge in [0.2, 0.25) is 0 Å². The van der Waals surface area contributed by atoms with Gasteiger partial charge in [0.1, 0.15) is 0 Å². The van der Waals surface area contributed by atoms with Gasteiger partial charge in [-0.25, -0.2) is 0 Å². The molecule has 0 aliphatic carbocycles. The number of rotatable bonds is 5. The van der Waals surface area contributed by atoms with Crippen LogP contribution >= 0.6 is 0 Å². The van der Waals surface area contributed by atoms with Crippen molar-refractivity contribution in [2.24, 2.45) is 0 Å². The van der Waals surface area contributed by atoms with E-state index in [1.165, 1.54) is 11.1 Å². The van der Waals surface area contributed by atoms with Crippen molar-refractivity contribution in [3.05, 3.63) is 95.6 Å². The van der Waals surface area contributed by atoms with Crippen molar-refractivity contribution in [3.63, 3.8) is 0 Å². The third-order valence-electron chi connectivity index (χ3n) is 4.02. The van der Waals surface area contributed by atoms with Crippen LogP contribution in [0.4, 0.5) is 0 Å². The smallest absolute Gasteiger partial charge is 0.251 e. The Labute approximate surface area is 141 Å². The van der Waals surface area contributed by atoms with E-state index in [9.17, 15) is 4.79 Å². The van der Waals surface area contributed by atoms with Crippen LogP contribution in [0.2, 0.25) is 0 Å². The average Bonchev–Trinajstić information content (AvgIpc) is 2.65. The van der Waals surface area contributed by atoms with Gasteiger partial charge in [0, 0.05) is 42.3 Å². The number of aromatic nitrogens is 2. The highest BCUT2D eigenvalue weighted by Gasteiger charge is 2.18. The van der Waals surface area contributed by atoms with E-state index in [2.05, 4.69) is 34.3 Å². The number of amides is 1. The third-order valence-corrected chi connectivity index (χ3v) is 4.02. The van der Waals surface area contributed by atoms with E-state index >= 15 is 0 Å². The molecule has 0 spiro atoms. The molecule has 24 heavy (non-hydrogen) atoms. The molecule has 1 aromatic carbocycles. The number of hydrogen-bond acceptors (Lipinski definition) is 3. The van der Waals surface area contributed by atoms with E-state index < -0.39 is 0 Å². The first kappa shape index (κ1) is 15.9. The van der Waals surface area contributed by atoms with Gasteiger partial charge in [-0.1, -0.05) is 30.3 Å². The van der Waals surface area contributed by atoms with Crippen LogP contribution in [0.15, 0.2) is 73.2 Å². The summed E-state index contributed by atoms with van der Waals surface area (Å²) in [6, 6.07) is 17.5. The molecule has 0 aliphatic rings. The molecule has 3 aromatic rings. The largest absolute Gasteiger partial charge is 0.351 e. The number of aryl methyl sites for hydroxylation is 1. The van der Waals surface area contributed by atoms with Crippen molar-refractivity contribution in [1.82, 2.24) is 15.3 Å². The van der Waals surface area contributed by atoms with Crippen LogP contribution in [0.5, 0.6) is 0 Å². The molecule has 2 aromatic heterocycles. The Balaban J connectivity index is 1.84. The van der Waals surface area contributed by atoms with Crippen molar-refractivity contribution < 1.29 is 4.79 Å². The first-order valence-electron chi connectivity index (χ1n) is 7.90. The molecular formula is C20H19N3O. The standard InChI is InChI=1S/C20H19N3O/c1-15-6-2-3-7-17(15)18(19-8-4-5-11-22-19)14-23-20(24)16-9-12-21-13-10-16/h2-13,18H,14H2,1H3,(H,23,24). The van der Waals surface area contributed by atoms with Gasteiger partial charge in [-0.3, -0.25) is 14.8 Å². The van der Waals surface area contributed by atoms with Gasteiger partial charge < -0.3 is 5.32 Å². The highest BCUT2D eigenvalue weighted by Crippen LogP contribution is 2.25. The molecule has 2 heterocycles. The predicted molar refractivity (Wildman–Crippen MR) is 93.8 cm³/mol. The number of carbonyl (C=O) groups is 1. The normalized spacial score (nSPS) is 11.7. The zero-order valence-corrected chi connectivity index (χ0v) is 13.5. The number of carbonyl (C=O) groups excluding carboxylic acids is 1. The second kappa shape index (κ2) is 7.51. The molecule has 0 bridgehead atoms. The van der Waals surface area contributed by atoms with E-state index in [1.54, 1.807) is 30.7 Å². The maximum Gasteiger partial charge on any atom is 0.251 e. The minimum Gasteiger partial charge on any atom is -0.351 e. The average molecular weight is 317 g/mol. The van der Waals surface area contributed by atoms with Gasteiger partial charge >= 0.3 is 0 Å². The van der Waals surface area contributed by atoms with Crippen LogP contribution in [0.25, 0.3) is 0 Å². The lowest BCUT2D eigenvalue weighted by atomic mass is 9.91. The monoisotopic (exact) mass is 317 g/mol. The maximum absolute atomic E-state index is 12.3. The van der Waals surface area contributed by atoms with Crippen LogP contribution in [0.3, 0.4) is 0 Å². The predicted octanol–water partition coefficient (Wildman–Crippen LogP) is 3.35. The van der Waals surface area contributed by atoms with E-state index in [1.807, 2.05) is 30.3 Å². The van der Waals surface area contributed by atoms with Crippen molar-refractivity contribution in [2.75, 3.05) is 6.54 Å². The Kier molecular flexibility index (Phi) is 4.96. The van der Waals surface area contributed by atoms with Gasteiger partial charge in [0.25, 0.3) is 5.91 Å². The molecule has 1 amide bonds. The van der Waals surface area contributed by atoms with Gasteiger partial charge in [-0.15, -0.1) is 0 Å². The molecule has 4 nitrogen and oxygen atoms in total. The number of nitrogens with one attached hydrogen (secondary N) is 1. The fourth-order valence-electron chi connectivity index (χ4n) is 2.73. The third kappa shape index (κ3) is 3.66. The molecule has 0 fully saturated rings. The Morgan fingerprint density at radius 1 is 1.00 bits per heavy atom. The highest BCUT2D eigenvalue weighted by molar-refractivity contribution is 5.94. The second-order valence-electron chi connectivity index (χ2n) is 5.61. The van der Waals surface area contributed by atoms with Crippen molar-refractivity contribution in [3.8, 4) is 0 Å². The summed E-state index contributed by atoms with van der Waals surface area (Å²) in [5.74, 6) is -0.0925. The van der Waals surface area contributed by atoms with Crippen molar-refractivity contribution in [2.45, 2.75) is 12.8 Å². The van der Waals surface area contributed by atoms with Gasteiger partial charge in [-0.2, -0.15) is 0 Å². The summed E-state index contributed by atoms with van der Waals surface area (Å²) in [5.41, 5.74) is 3.91. The molecule has 0 saturated heterocycles. The molecule has 0 aliphatic heterocycles. The van der Waals surface area contributed by atoms with Crippen LogP contribution < -0.4 is 5.32 Å². The summed E-state index contributed by atoms with van der Waals surface area (Å²) < 4.78 is 0. The summed E-state index contributed by atoms with van der Waals surface area (Å²) in [6.45, 7) is 2.57. The Morgan fingerprint density at radius 3 is 2.46 bits per heavy atom. The molecule has 0 radical (unpaired) electrons. The molecule has 1 atom stereocenters. The molecule has 4 heteroatoms. The van der Waals surface area contributed by atoms with Crippen molar-refractivity contribution in [1.29, 1.82) is 0 Å².